The van der Waals surface area contributed by atoms with Crippen molar-refractivity contribution in [3.8, 4) is 0 Å². The van der Waals surface area contributed by atoms with Crippen LogP contribution in [0, 0.1) is 6.92 Å². The molecule has 0 spiro atoms. The number of nitrogens with one attached hydrogen (secondary N) is 1. The van der Waals surface area contributed by atoms with Crippen molar-refractivity contribution in [1.29, 1.82) is 0 Å². The minimum absolute atomic E-state index is 0.112. The third kappa shape index (κ3) is 3.28. The Hall–Kier alpha value is -2.66. The number of likely N-dealkylation sites (tertiary alicyclic amines) is 1. The molecule has 1 amide bonds. The number of rotatable bonds is 5. The minimum atomic E-state index is -0.112. The molecule has 128 valence electrons. The maximum absolute atomic E-state index is 12.6. The smallest absolute Gasteiger partial charge is 0.240 e. The summed E-state index contributed by atoms with van der Waals surface area (Å²) in [7, 11) is 0. The first-order chi connectivity index (χ1) is 12.2. The van der Waals surface area contributed by atoms with Gasteiger partial charge in [0.1, 0.15) is 5.65 Å². The van der Waals surface area contributed by atoms with Crippen LogP contribution in [0.1, 0.15) is 23.2 Å². The molecule has 1 unspecified atom stereocenters. The molecule has 1 aliphatic rings. The Morgan fingerprint density at radius 3 is 2.88 bits per heavy atom. The van der Waals surface area contributed by atoms with Gasteiger partial charge < -0.3 is 14.6 Å². The second-order valence-corrected chi connectivity index (χ2v) is 6.65. The molecule has 0 radical (unpaired) electrons. The first kappa shape index (κ1) is 15.8. The van der Waals surface area contributed by atoms with Gasteiger partial charge in [0.25, 0.3) is 0 Å². The topological polar surface area (TPSA) is 49.6 Å². The van der Waals surface area contributed by atoms with Crippen LogP contribution in [0.25, 0.3) is 5.65 Å². The number of carbonyl (C=O) groups is 1. The molecule has 1 aromatic carbocycles. The summed E-state index contributed by atoms with van der Waals surface area (Å²) in [5, 5.41) is 3.41. The first-order valence-electron chi connectivity index (χ1n) is 8.69. The number of pyridine rings is 1. The molecule has 25 heavy (non-hydrogen) atoms. The molecular formula is C20H22N4O. The number of aryl methyl sites for hydroxylation is 1. The average Bonchev–Trinajstić information content (AvgIpc) is 3.18. The number of nitrogens with zero attached hydrogens (tertiary/aromatic N) is 3. The molecule has 1 fully saturated rings. The summed E-state index contributed by atoms with van der Waals surface area (Å²) in [6, 6.07) is 14.1. The van der Waals surface area contributed by atoms with Crippen molar-refractivity contribution in [2.45, 2.75) is 32.5 Å². The Labute approximate surface area is 147 Å². The lowest BCUT2D eigenvalue weighted by atomic mass is 10.2. The van der Waals surface area contributed by atoms with Gasteiger partial charge in [-0.05, 0) is 30.5 Å². The van der Waals surface area contributed by atoms with Gasteiger partial charge in [0.05, 0.1) is 17.9 Å². The van der Waals surface area contributed by atoms with Crippen LogP contribution >= 0.6 is 0 Å². The minimum Gasteiger partial charge on any atom is -0.337 e. The Bertz CT molecular complexity index is 887. The maximum atomic E-state index is 12.6. The fourth-order valence-corrected chi connectivity index (χ4v) is 3.38. The third-order valence-corrected chi connectivity index (χ3v) is 4.77. The molecule has 0 saturated carbocycles. The van der Waals surface area contributed by atoms with E-state index < -0.39 is 0 Å². The first-order valence-corrected chi connectivity index (χ1v) is 8.69. The van der Waals surface area contributed by atoms with Gasteiger partial charge in [-0.3, -0.25) is 4.79 Å². The Morgan fingerprint density at radius 1 is 1.20 bits per heavy atom. The average molecular weight is 334 g/mol. The van der Waals surface area contributed by atoms with Gasteiger partial charge in [0, 0.05) is 25.8 Å². The number of imidazole rings is 1. The van der Waals surface area contributed by atoms with E-state index in [0.29, 0.717) is 13.1 Å². The number of aromatic nitrogens is 2. The predicted molar refractivity (Wildman–Crippen MR) is 97.0 cm³/mol. The Balaban J connectivity index is 1.40. The summed E-state index contributed by atoms with van der Waals surface area (Å²) in [5.41, 5.74) is 4.38. The van der Waals surface area contributed by atoms with Gasteiger partial charge >= 0.3 is 0 Å². The van der Waals surface area contributed by atoms with Gasteiger partial charge in [-0.15, -0.1) is 0 Å². The van der Waals surface area contributed by atoms with Crippen molar-refractivity contribution in [2.75, 3.05) is 6.54 Å². The molecule has 0 aliphatic carbocycles. The summed E-state index contributed by atoms with van der Waals surface area (Å²) in [4.78, 5) is 19.0. The van der Waals surface area contributed by atoms with E-state index in [4.69, 9.17) is 0 Å². The van der Waals surface area contributed by atoms with Crippen LogP contribution in [0.15, 0.2) is 54.9 Å². The summed E-state index contributed by atoms with van der Waals surface area (Å²) in [6.07, 6.45) is 4.81. The van der Waals surface area contributed by atoms with E-state index in [9.17, 15) is 4.79 Å². The van der Waals surface area contributed by atoms with E-state index in [2.05, 4.69) is 46.0 Å². The van der Waals surface area contributed by atoms with E-state index in [0.717, 1.165) is 24.3 Å². The number of carbonyl (C=O) groups excluding carboxylic acids is 1. The fraction of sp³-hybridized carbons (Fsp3) is 0.300. The second kappa shape index (κ2) is 6.69. The highest BCUT2D eigenvalue weighted by atomic mass is 16.2. The van der Waals surface area contributed by atoms with Crippen LogP contribution in [-0.2, 0) is 17.9 Å². The summed E-state index contributed by atoms with van der Waals surface area (Å²) >= 11 is 0. The van der Waals surface area contributed by atoms with Gasteiger partial charge in [-0.1, -0.05) is 36.4 Å². The molecule has 3 heterocycles. The number of benzene rings is 1. The van der Waals surface area contributed by atoms with E-state index in [-0.39, 0.29) is 11.9 Å². The molecule has 1 aliphatic heterocycles. The van der Waals surface area contributed by atoms with E-state index in [1.807, 2.05) is 35.4 Å². The van der Waals surface area contributed by atoms with Crippen molar-refractivity contribution >= 4 is 11.6 Å². The lowest BCUT2D eigenvalue weighted by Crippen LogP contribution is -2.37. The van der Waals surface area contributed by atoms with Crippen LogP contribution in [-0.4, -0.2) is 32.8 Å². The van der Waals surface area contributed by atoms with Gasteiger partial charge in [0.2, 0.25) is 5.91 Å². The lowest BCUT2D eigenvalue weighted by Gasteiger charge is -2.17. The van der Waals surface area contributed by atoms with Crippen molar-refractivity contribution in [3.63, 3.8) is 0 Å². The molecular weight excluding hydrogens is 312 g/mol. The van der Waals surface area contributed by atoms with Crippen LogP contribution in [0.5, 0.6) is 0 Å². The number of hydrogen-bond acceptors (Lipinski definition) is 3. The molecule has 0 bridgehead atoms. The van der Waals surface area contributed by atoms with Crippen LogP contribution in [0.2, 0.25) is 0 Å². The monoisotopic (exact) mass is 334 g/mol. The highest BCUT2D eigenvalue weighted by Crippen LogP contribution is 2.16. The standard InChI is InChI=1S/C20H22N4O/c1-15-7-8-19-22-12-17(24(19)13-15)11-21-18-9-10-23(20(18)25)14-16-5-3-2-4-6-16/h2-8,12-13,18,21H,9-11,14H2,1H3. The highest BCUT2D eigenvalue weighted by molar-refractivity contribution is 5.83. The molecule has 1 N–H and O–H groups in total. The molecule has 2 aromatic heterocycles. The number of hydrogen-bond donors (Lipinski definition) is 1. The van der Waals surface area contributed by atoms with Crippen molar-refractivity contribution in [1.82, 2.24) is 19.6 Å². The quantitative estimate of drug-likeness (QED) is 0.780. The Kier molecular flexibility index (Phi) is 4.24. The maximum Gasteiger partial charge on any atom is 0.240 e. The Morgan fingerprint density at radius 2 is 2.04 bits per heavy atom. The predicted octanol–water partition coefficient (Wildman–Crippen LogP) is 2.53. The van der Waals surface area contributed by atoms with Crippen LogP contribution in [0.4, 0.5) is 0 Å². The molecule has 5 nitrogen and oxygen atoms in total. The van der Waals surface area contributed by atoms with Crippen molar-refractivity contribution in [3.05, 3.63) is 71.7 Å². The van der Waals surface area contributed by atoms with Crippen LogP contribution in [0.3, 0.4) is 0 Å². The van der Waals surface area contributed by atoms with E-state index >= 15 is 0 Å². The third-order valence-electron chi connectivity index (χ3n) is 4.77. The normalized spacial score (nSPS) is 17.6. The van der Waals surface area contributed by atoms with Gasteiger partial charge in [0.15, 0.2) is 0 Å². The fourth-order valence-electron chi connectivity index (χ4n) is 3.38. The number of fused-ring (bicyclic) bond motifs is 1. The SMILES string of the molecule is Cc1ccc2ncc(CNC3CCN(Cc4ccccc4)C3=O)n2c1. The summed E-state index contributed by atoms with van der Waals surface area (Å²) < 4.78 is 2.09. The summed E-state index contributed by atoms with van der Waals surface area (Å²) in [6.45, 7) is 4.20. The second-order valence-electron chi connectivity index (χ2n) is 6.65. The van der Waals surface area contributed by atoms with E-state index in [1.54, 1.807) is 0 Å². The molecule has 1 atom stereocenters. The van der Waals surface area contributed by atoms with Crippen molar-refractivity contribution in [2.24, 2.45) is 0 Å². The highest BCUT2D eigenvalue weighted by Gasteiger charge is 2.31. The van der Waals surface area contributed by atoms with Gasteiger partial charge in [-0.25, -0.2) is 4.98 Å². The van der Waals surface area contributed by atoms with E-state index in [1.165, 1.54) is 11.1 Å². The molecule has 1 saturated heterocycles. The van der Waals surface area contributed by atoms with Crippen molar-refractivity contribution < 1.29 is 4.79 Å². The zero-order valence-electron chi connectivity index (χ0n) is 14.4. The number of amides is 1. The van der Waals surface area contributed by atoms with Gasteiger partial charge in [-0.2, -0.15) is 0 Å². The molecule has 4 rings (SSSR count). The largest absolute Gasteiger partial charge is 0.337 e. The molecule has 3 aromatic rings. The van der Waals surface area contributed by atoms with Crippen LogP contribution < -0.4 is 5.32 Å². The lowest BCUT2D eigenvalue weighted by molar-refractivity contribution is -0.129. The zero-order chi connectivity index (χ0) is 17.2. The zero-order valence-corrected chi connectivity index (χ0v) is 14.4. The molecule has 5 heteroatoms. The summed E-state index contributed by atoms with van der Waals surface area (Å²) in [5.74, 6) is 0.189.